The fourth-order valence-corrected chi connectivity index (χ4v) is 1.97. The molecule has 16 heavy (non-hydrogen) atoms. The first-order valence-electron chi connectivity index (χ1n) is 4.51. The van der Waals surface area contributed by atoms with E-state index >= 15 is 0 Å². The van der Waals surface area contributed by atoms with Crippen molar-refractivity contribution in [1.29, 1.82) is 0 Å². The summed E-state index contributed by atoms with van der Waals surface area (Å²) in [5.74, 6) is -0.341. The second kappa shape index (κ2) is 4.31. The number of carboxylic acids is 1. The van der Waals surface area contributed by atoms with Crippen molar-refractivity contribution in [1.82, 2.24) is 10.1 Å². The number of nitrogens with zero attached hydrogens (tertiary/aromatic N) is 2. The van der Waals surface area contributed by atoms with E-state index in [2.05, 4.69) is 15.5 Å². The fourth-order valence-electron chi connectivity index (χ4n) is 1.17. The average Bonchev–Trinajstić information content (AvgIpc) is 2.83. The summed E-state index contributed by atoms with van der Waals surface area (Å²) < 4.78 is 4.89. The van der Waals surface area contributed by atoms with Gasteiger partial charge in [-0.25, -0.2) is 9.78 Å². The summed E-state index contributed by atoms with van der Waals surface area (Å²) >= 11 is 1.30. The maximum absolute atomic E-state index is 10.8. The third-order valence-corrected chi connectivity index (χ3v) is 2.83. The smallest absolute Gasteiger partial charge is 0.355 e. The number of hydrogen-bond acceptors (Lipinski definition) is 6. The summed E-state index contributed by atoms with van der Waals surface area (Å²) in [5.41, 5.74) is 0.0880. The van der Waals surface area contributed by atoms with Crippen molar-refractivity contribution in [3.63, 3.8) is 0 Å². The number of rotatable bonds is 4. The van der Waals surface area contributed by atoms with Crippen molar-refractivity contribution < 1.29 is 14.4 Å². The second-order valence-corrected chi connectivity index (χ2v) is 4.26. The quantitative estimate of drug-likeness (QED) is 0.845. The number of aromatic carboxylic acids is 1. The minimum absolute atomic E-state index is 0.0880. The van der Waals surface area contributed by atoms with Gasteiger partial charge < -0.3 is 14.9 Å². The lowest BCUT2D eigenvalue weighted by Crippen LogP contribution is -2.01. The number of anilines is 1. The number of hydrogen-bond donors (Lipinski definition) is 2. The molecule has 0 aliphatic heterocycles. The highest BCUT2D eigenvalue weighted by Gasteiger charge is 2.13. The molecule has 0 unspecified atom stereocenters. The van der Waals surface area contributed by atoms with Gasteiger partial charge in [0, 0.05) is 10.9 Å². The lowest BCUT2D eigenvalue weighted by molar-refractivity contribution is 0.0690. The van der Waals surface area contributed by atoms with E-state index in [-0.39, 0.29) is 5.69 Å². The van der Waals surface area contributed by atoms with E-state index < -0.39 is 5.97 Å². The van der Waals surface area contributed by atoms with Crippen LogP contribution in [0, 0.1) is 6.92 Å². The standard InChI is InChI=1S/C9H9N3O3S/c1-5-7(8(13)14)12-9(16-5)10-4-6-2-3-11-15-6/h2-3H,4H2,1H3,(H,10,12)(H,13,14). The first-order chi connectivity index (χ1) is 7.66. The Morgan fingerprint density at radius 1 is 1.69 bits per heavy atom. The Hall–Kier alpha value is -1.89. The van der Waals surface area contributed by atoms with Crippen molar-refractivity contribution in [3.8, 4) is 0 Å². The Bertz CT molecular complexity index is 492. The van der Waals surface area contributed by atoms with Gasteiger partial charge in [-0.1, -0.05) is 5.16 Å². The number of thiazole rings is 1. The lowest BCUT2D eigenvalue weighted by atomic mass is 10.4. The van der Waals surface area contributed by atoms with Gasteiger partial charge >= 0.3 is 5.97 Å². The van der Waals surface area contributed by atoms with Gasteiger partial charge in [0.1, 0.15) is 0 Å². The Labute approximate surface area is 94.9 Å². The van der Waals surface area contributed by atoms with E-state index in [1.807, 2.05) is 0 Å². The molecule has 2 N–H and O–H groups in total. The molecule has 2 aromatic rings. The zero-order chi connectivity index (χ0) is 11.5. The maximum atomic E-state index is 10.8. The molecule has 0 radical (unpaired) electrons. The van der Waals surface area contributed by atoms with Gasteiger partial charge in [0.05, 0.1) is 12.7 Å². The Balaban J connectivity index is 2.05. The third-order valence-electron chi connectivity index (χ3n) is 1.90. The summed E-state index contributed by atoms with van der Waals surface area (Å²) in [6.45, 7) is 2.16. The van der Waals surface area contributed by atoms with Crippen molar-refractivity contribution in [2.24, 2.45) is 0 Å². The third kappa shape index (κ3) is 2.19. The highest BCUT2D eigenvalue weighted by molar-refractivity contribution is 7.15. The molecular formula is C9H9N3O3S. The van der Waals surface area contributed by atoms with Crippen LogP contribution >= 0.6 is 11.3 Å². The molecule has 0 spiro atoms. The molecule has 0 saturated carbocycles. The minimum Gasteiger partial charge on any atom is -0.476 e. The van der Waals surface area contributed by atoms with E-state index in [1.54, 1.807) is 19.2 Å². The normalized spacial score (nSPS) is 10.3. The fraction of sp³-hybridized carbons (Fsp3) is 0.222. The minimum atomic E-state index is -1.01. The van der Waals surface area contributed by atoms with Crippen molar-refractivity contribution in [2.75, 3.05) is 5.32 Å². The molecule has 0 bridgehead atoms. The summed E-state index contributed by atoms with van der Waals surface area (Å²) in [4.78, 5) is 15.4. The molecule has 0 amide bonds. The van der Waals surface area contributed by atoms with Crippen LogP contribution in [0.5, 0.6) is 0 Å². The molecular weight excluding hydrogens is 230 g/mol. The summed E-state index contributed by atoms with van der Waals surface area (Å²) in [6.07, 6.45) is 1.55. The molecule has 0 aliphatic rings. The first kappa shape index (κ1) is 10.6. The summed E-state index contributed by atoms with van der Waals surface area (Å²) in [5, 5.41) is 15.9. The predicted molar refractivity (Wildman–Crippen MR) is 57.6 cm³/mol. The Kier molecular flexibility index (Phi) is 2.86. The molecule has 6 nitrogen and oxygen atoms in total. The van der Waals surface area contributed by atoms with Gasteiger partial charge in [-0.15, -0.1) is 11.3 Å². The highest BCUT2D eigenvalue weighted by Crippen LogP contribution is 2.22. The van der Waals surface area contributed by atoms with Crippen LogP contribution < -0.4 is 5.32 Å². The summed E-state index contributed by atoms with van der Waals surface area (Å²) in [7, 11) is 0. The van der Waals surface area contributed by atoms with Crippen molar-refractivity contribution in [3.05, 3.63) is 28.6 Å². The van der Waals surface area contributed by atoms with Crippen molar-refractivity contribution >= 4 is 22.4 Å². The average molecular weight is 239 g/mol. The van der Waals surface area contributed by atoms with Crippen LogP contribution in [0.15, 0.2) is 16.8 Å². The number of aryl methyl sites for hydroxylation is 1. The van der Waals surface area contributed by atoms with Crippen LogP contribution in [0.2, 0.25) is 0 Å². The molecule has 7 heteroatoms. The number of nitrogens with one attached hydrogen (secondary N) is 1. The SMILES string of the molecule is Cc1sc(NCc2ccno2)nc1C(=O)O. The maximum Gasteiger partial charge on any atom is 0.355 e. The van der Waals surface area contributed by atoms with Crippen molar-refractivity contribution in [2.45, 2.75) is 13.5 Å². The van der Waals surface area contributed by atoms with E-state index in [0.29, 0.717) is 22.3 Å². The zero-order valence-corrected chi connectivity index (χ0v) is 9.24. The first-order valence-corrected chi connectivity index (χ1v) is 5.32. The Morgan fingerprint density at radius 3 is 3.06 bits per heavy atom. The molecule has 0 atom stereocenters. The van der Waals surface area contributed by atoms with Gasteiger partial charge in [-0.3, -0.25) is 0 Å². The monoisotopic (exact) mass is 239 g/mol. The van der Waals surface area contributed by atoms with Crippen LogP contribution in [0.3, 0.4) is 0 Å². The van der Waals surface area contributed by atoms with Crippen LogP contribution in [-0.4, -0.2) is 21.2 Å². The highest BCUT2D eigenvalue weighted by atomic mass is 32.1. The summed E-state index contributed by atoms with van der Waals surface area (Å²) in [6, 6.07) is 1.73. The topological polar surface area (TPSA) is 88.3 Å². The lowest BCUT2D eigenvalue weighted by Gasteiger charge is -1.96. The van der Waals surface area contributed by atoms with E-state index in [1.165, 1.54) is 11.3 Å². The Morgan fingerprint density at radius 2 is 2.50 bits per heavy atom. The molecule has 2 heterocycles. The van der Waals surface area contributed by atoms with Crippen LogP contribution in [0.25, 0.3) is 0 Å². The molecule has 2 aromatic heterocycles. The van der Waals surface area contributed by atoms with E-state index in [4.69, 9.17) is 9.63 Å². The van der Waals surface area contributed by atoms with E-state index in [0.717, 1.165) is 0 Å². The molecule has 0 aromatic carbocycles. The van der Waals surface area contributed by atoms with Gasteiger partial charge in [-0.2, -0.15) is 0 Å². The zero-order valence-electron chi connectivity index (χ0n) is 8.43. The molecule has 2 rings (SSSR count). The van der Waals surface area contributed by atoms with Crippen LogP contribution in [0.1, 0.15) is 21.1 Å². The van der Waals surface area contributed by atoms with Gasteiger partial charge in [0.25, 0.3) is 0 Å². The molecule has 84 valence electrons. The van der Waals surface area contributed by atoms with Gasteiger partial charge in [0.2, 0.25) is 0 Å². The number of carbonyl (C=O) groups is 1. The number of carboxylic acid groups (broad SMARTS) is 1. The molecule has 0 fully saturated rings. The van der Waals surface area contributed by atoms with Gasteiger partial charge in [0.15, 0.2) is 16.6 Å². The van der Waals surface area contributed by atoms with E-state index in [9.17, 15) is 4.79 Å². The predicted octanol–water partition coefficient (Wildman–Crippen LogP) is 1.75. The number of aromatic nitrogens is 2. The molecule has 0 aliphatic carbocycles. The van der Waals surface area contributed by atoms with Gasteiger partial charge in [-0.05, 0) is 6.92 Å². The van der Waals surface area contributed by atoms with Crippen LogP contribution in [0.4, 0.5) is 5.13 Å². The van der Waals surface area contributed by atoms with Crippen LogP contribution in [-0.2, 0) is 6.54 Å². The second-order valence-electron chi connectivity index (χ2n) is 3.06. The largest absolute Gasteiger partial charge is 0.476 e. The molecule has 0 saturated heterocycles.